The van der Waals surface area contributed by atoms with Crippen molar-refractivity contribution in [3.8, 4) is 0 Å². The molecule has 0 saturated heterocycles. The zero-order valence-electron chi connectivity index (χ0n) is 15.0. The van der Waals surface area contributed by atoms with Gasteiger partial charge in [0.2, 0.25) is 0 Å². The van der Waals surface area contributed by atoms with E-state index in [-0.39, 0.29) is 23.5 Å². The van der Waals surface area contributed by atoms with Gasteiger partial charge in [-0.15, -0.1) is 0 Å². The van der Waals surface area contributed by atoms with E-state index in [0.29, 0.717) is 35.8 Å². The Balaban J connectivity index is 2.12. The number of hydrogen-bond acceptors (Lipinski definition) is 4. The van der Waals surface area contributed by atoms with Gasteiger partial charge in [-0.05, 0) is 25.0 Å². The minimum atomic E-state index is -0.298. The van der Waals surface area contributed by atoms with Crippen LogP contribution in [0.4, 0.5) is 0 Å². The van der Waals surface area contributed by atoms with E-state index in [2.05, 4.69) is 9.84 Å². The van der Waals surface area contributed by atoms with Crippen LogP contribution in [0, 0.1) is 6.92 Å². The molecule has 0 atom stereocenters. The van der Waals surface area contributed by atoms with E-state index >= 15 is 0 Å². The van der Waals surface area contributed by atoms with Crippen molar-refractivity contribution in [2.45, 2.75) is 26.3 Å². The van der Waals surface area contributed by atoms with E-state index in [1.807, 2.05) is 18.2 Å². The first-order valence-electron chi connectivity index (χ1n) is 8.13. The molecule has 0 fully saturated rings. The lowest BCUT2D eigenvalue weighted by Gasteiger charge is -2.16. The largest absolute Gasteiger partial charge is 0.469 e. The highest BCUT2D eigenvalue weighted by molar-refractivity contribution is 6.33. The molecule has 1 heterocycles. The number of rotatable bonds is 7. The Morgan fingerprint density at radius 1 is 1.27 bits per heavy atom. The summed E-state index contributed by atoms with van der Waals surface area (Å²) in [6, 6.07) is 7.41. The van der Waals surface area contributed by atoms with Crippen molar-refractivity contribution >= 4 is 35.1 Å². The molecule has 2 rings (SSSR count). The van der Waals surface area contributed by atoms with Gasteiger partial charge in [0.05, 0.1) is 24.9 Å². The van der Waals surface area contributed by atoms with Crippen LogP contribution in [0.5, 0.6) is 0 Å². The lowest BCUT2D eigenvalue weighted by Crippen LogP contribution is -2.28. The molecular weight excluding hydrogens is 377 g/mol. The van der Waals surface area contributed by atoms with E-state index in [0.717, 1.165) is 5.56 Å². The topological polar surface area (TPSA) is 64.4 Å². The maximum Gasteiger partial charge on any atom is 0.305 e. The normalized spacial score (nSPS) is 10.7. The third kappa shape index (κ3) is 4.77. The Hall–Kier alpha value is -2.05. The number of halogens is 2. The maximum atomic E-state index is 12.7. The highest BCUT2D eigenvalue weighted by atomic mass is 35.5. The van der Waals surface area contributed by atoms with Crippen LogP contribution >= 0.6 is 23.2 Å². The molecule has 1 aromatic carbocycles. The fraction of sp³-hybridized carbons (Fsp3) is 0.389. The zero-order chi connectivity index (χ0) is 19.3. The van der Waals surface area contributed by atoms with E-state index < -0.39 is 0 Å². The number of amides is 1. The third-order valence-electron chi connectivity index (χ3n) is 4.01. The van der Waals surface area contributed by atoms with E-state index in [1.165, 1.54) is 12.0 Å². The lowest BCUT2D eigenvalue weighted by atomic mass is 10.2. The second-order valence-electron chi connectivity index (χ2n) is 5.91. The number of aryl methyl sites for hydroxylation is 1. The van der Waals surface area contributed by atoms with Crippen LogP contribution in [0.25, 0.3) is 0 Å². The van der Waals surface area contributed by atoms with Crippen LogP contribution in [0.15, 0.2) is 24.3 Å². The molecule has 1 amide bonds. The SMILES string of the molecule is COC(=O)CCCN(C)C(=O)c1c(C)nn(Cc2ccccc2Cl)c1Cl. The first-order valence-corrected chi connectivity index (χ1v) is 8.89. The predicted octanol–water partition coefficient (Wildman–Crippen LogP) is 3.57. The molecule has 0 radical (unpaired) electrons. The first kappa shape index (κ1) is 20.3. The van der Waals surface area contributed by atoms with Gasteiger partial charge in [-0.25, -0.2) is 4.68 Å². The molecule has 1 aromatic heterocycles. The number of carbonyl (C=O) groups excluding carboxylic acids is 2. The third-order valence-corrected chi connectivity index (χ3v) is 4.76. The van der Waals surface area contributed by atoms with Crippen molar-refractivity contribution in [1.29, 1.82) is 0 Å². The number of methoxy groups -OCH3 is 1. The van der Waals surface area contributed by atoms with Crippen molar-refractivity contribution in [3.63, 3.8) is 0 Å². The van der Waals surface area contributed by atoms with Gasteiger partial charge in [-0.2, -0.15) is 5.10 Å². The summed E-state index contributed by atoms with van der Waals surface area (Å²) in [5.74, 6) is -0.532. The molecule has 140 valence electrons. The summed E-state index contributed by atoms with van der Waals surface area (Å²) in [5, 5.41) is 5.26. The van der Waals surface area contributed by atoms with Crippen LogP contribution in [-0.2, 0) is 16.1 Å². The minimum Gasteiger partial charge on any atom is -0.469 e. The van der Waals surface area contributed by atoms with Crippen LogP contribution in [-0.4, -0.2) is 47.3 Å². The number of benzene rings is 1. The molecule has 2 aromatic rings. The van der Waals surface area contributed by atoms with Crippen molar-refractivity contribution in [2.75, 3.05) is 20.7 Å². The molecule has 26 heavy (non-hydrogen) atoms. The number of carbonyl (C=O) groups is 2. The Morgan fingerprint density at radius 2 is 1.96 bits per heavy atom. The van der Waals surface area contributed by atoms with Crippen LogP contribution in [0.3, 0.4) is 0 Å². The molecule has 0 bridgehead atoms. The van der Waals surface area contributed by atoms with E-state index in [1.54, 1.807) is 24.7 Å². The number of aromatic nitrogens is 2. The molecule has 8 heteroatoms. The van der Waals surface area contributed by atoms with E-state index in [9.17, 15) is 9.59 Å². The molecule has 0 aliphatic rings. The second-order valence-corrected chi connectivity index (χ2v) is 6.67. The molecule has 0 aliphatic heterocycles. The van der Waals surface area contributed by atoms with Crippen molar-refractivity contribution < 1.29 is 14.3 Å². The minimum absolute atomic E-state index is 0.234. The molecule has 0 saturated carbocycles. The smallest absolute Gasteiger partial charge is 0.305 e. The monoisotopic (exact) mass is 397 g/mol. The summed E-state index contributed by atoms with van der Waals surface area (Å²) in [7, 11) is 3.01. The quantitative estimate of drug-likeness (QED) is 0.669. The molecule has 6 nitrogen and oxygen atoms in total. The second kappa shape index (κ2) is 9.05. The number of esters is 1. The number of hydrogen-bond donors (Lipinski definition) is 0. The van der Waals surface area contributed by atoms with Crippen LogP contribution in [0.2, 0.25) is 10.2 Å². The van der Waals surface area contributed by atoms with Gasteiger partial charge < -0.3 is 9.64 Å². The Morgan fingerprint density at radius 3 is 2.62 bits per heavy atom. The summed E-state index contributed by atoms with van der Waals surface area (Å²) >= 11 is 12.6. The fourth-order valence-corrected chi connectivity index (χ4v) is 3.05. The molecule has 0 unspecified atom stereocenters. The van der Waals surface area contributed by atoms with Crippen molar-refractivity contribution in [3.05, 3.63) is 51.3 Å². The van der Waals surface area contributed by atoms with Crippen LogP contribution in [0.1, 0.15) is 34.5 Å². The van der Waals surface area contributed by atoms with Gasteiger partial charge in [0.15, 0.2) is 0 Å². The van der Waals surface area contributed by atoms with Crippen LogP contribution < -0.4 is 0 Å². The number of ether oxygens (including phenoxy) is 1. The first-order chi connectivity index (χ1) is 12.3. The van der Waals surface area contributed by atoms with Gasteiger partial charge in [-0.1, -0.05) is 41.4 Å². The molecule has 0 N–H and O–H groups in total. The van der Waals surface area contributed by atoms with Gasteiger partial charge in [-0.3, -0.25) is 9.59 Å². The highest BCUT2D eigenvalue weighted by Gasteiger charge is 2.23. The average molecular weight is 398 g/mol. The highest BCUT2D eigenvalue weighted by Crippen LogP contribution is 2.24. The molecular formula is C18H21Cl2N3O3. The Bertz CT molecular complexity index is 805. The summed E-state index contributed by atoms with van der Waals surface area (Å²) in [5.41, 5.74) is 1.77. The van der Waals surface area contributed by atoms with Gasteiger partial charge in [0.1, 0.15) is 5.15 Å². The fourth-order valence-electron chi connectivity index (χ4n) is 2.54. The summed E-state index contributed by atoms with van der Waals surface area (Å²) in [6.07, 6.45) is 0.770. The van der Waals surface area contributed by atoms with E-state index in [4.69, 9.17) is 23.2 Å². The Kier molecular flexibility index (Phi) is 7.06. The van der Waals surface area contributed by atoms with Gasteiger partial charge >= 0.3 is 5.97 Å². The molecule has 0 spiro atoms. The lowest BCUT2D eigenvalue weighted by molar-refractivity contribution is -0.140. The summed E-state index contributed by atoms with van der Waals surface area (Å²) < 4.78 is 6.16. The summed E-state index contributed by atoms with van der Waals surface area (Å²) in [4.78, 5) is 25.4. The molecule has 0 aliphatic carbocycles. The Labute approximate surface area is 162 Å². The zero-order valence-corrected chi connectivity index (χ0v) is 16.5. The van der Waals surface area contributed by atoms with Gasteiger partial charge in [0.25, 0.3) is 5.91 Å². The van der Waals surface area contributed by atoms with Crippen molar-refractivity contribution in [1.82, 2.24) is 14.7 Å². The number of nitrogens with zero attached hydrogens (tertiary/aromatic N) is 3. The standard InChI is InChI=1S/C18H21Cl2N3O3/c1-12-16(18(25)22(2)10-6-9-15(24)26-3)17(20)23(21-12)11-13-7-4-5-8-14(13)19/h4-5,7-8H,6,9-11H2,1-3H3. The van der Waals surface area contributed by atoms with Gasteiger partial charge in [0, 0.05) is 25.0 Å². The predicted molar refractivity (Wildman–Crippen MR) is 101 cm³/mol. The summed E-state index contributed by atoms with van der Waals surface area (Å²) in [6.45, 7) is 2.53. The maximum absolute atomic E-state index is 12.7. The average Bonchev–Trinajstić information content (AvgIpc) is 2.89. The van der Waals surface area contributed by atoms with Crippen molar-refractivity contribution in [2.24, 2.45) is 0 Å².